The number of carbonyl (C=O) groups is 1. The number of amides is 1. The molecule has 0 aliphatic rings. The van der Waals surface area contributed by atoms with Gasteiger partial charge in [-0.05, 0) is 50.6 Å². The molecule has 0 bridgehead atoms. The number of nitro benzene ring substituents is 1. The van der Waals surface area contributed by atoms with Crippen molar-refractivity contribution in [2.75, 3.05) is 25.0 Å². The van der Waals surface area contributed by atoms with Crippen molar-refractivity contribution >= 4 is 17.3 Å². The first-order valence-corrected chi connectivity index (χ1v) is 9.45. The van der Waals surface area contributed by atoms with Gasteiger partial charge in [0.05, 0.1) is 4.92 Å². The molecule has 0 aliphatic carbocycles. The van der Waals surface area contributed by atoms with Crippen LogP contribution in [-0.2, 0) is 11.3 Å². The van der Waals surface area contributed by atoms with Crippen molar-refractivity contribution in [3.63, 3.8) is 0 Å². The number of rotatable bonds is 10. The summed E-state index contributed by atoms with van der Waals surface area (Å²) in [6, 6.07) is 13.9. The van der Waals surface area contributed by atoms with Crippen LogP contribution in [0.5, 0.6) is 5.75 Å². The molecule has 0 saturated carbocycles. The number of nitrogens with zero attached hydrogens (tertiary/aromatic N) is 1. The molecule has 3 N–H and O–H groups in total. The number of nitro groups is 1. The van der Waals surface area contributed by atoms with E-state index in [-0.39, 0.29) is 23.7 Å². The van der Waals surface area contributed by atoms with E-state index in [0.717, 1.165) is 17.8 Å². The summed E-state index contributed by atoms with van der Waals surface area (Å²) in [5.74, 6) is 0.501. The molecular formula is C21H28N4O4. The highest BCUT2D eigenvalue weighted by Crippen LogP contribution is 2.15. The first-order chi connectivity index (χ1) is 13.7. The van der Waals surface area contributed by atoms with E-state index in [4.69, 9.17) is 4.74 Å². The third-order valence-electron chi connectivity index (χ3n) is 3.85. The van der Waals surface area contributed by atoms with Gasteiger partial charge < -0.3 is 20.7 Å². The molecule has 0 fully saturated rings. The predicted octanol–water partition coefficient (Wildman–Crippen LogP) is 3.09. The van der Waals surface area contributed by atoms with Gasteiger partial charge in [0.2, 0.25) is 0 Å². The second-order valence-electron chi connectivity index (χ2n) is 7.64. The lowest BCUT2D eigenvalue weighted by molar-refractivity contribution is -0.384. The second-order valence-corrected chi connectivity index (χ2v) is 7.64. The summed E-state index contributed by atoms with van der Waals surface area (Å²) in [5.41, 5.74) is 1.75. The third kappa shape index (κ3) is 8.61. The lowest BCUT2D eigenvalue weighted by atomic mass is 10.1. The summed E-state index contributed by atoms with van der Waals surface area (Å²) < 4.78 is 5.50. The fourth-order valence-electron chi connectivity index (χ4n) is 2.54. The molecule has 1 amide bonds. The van der Waals surface area contributed by atoms with Gasteiger partial charge in [-0.3, -0.25) is 14.9 Å². The fourth-order valence-corrected chi connectivity index (χ4v) is 2.54. The van der Waals surface area contributed by atoms with E-state index < -0.39 is 4.92 Å². The zero-order valence-corrected chi connectivity index (χ0v) is 17.0. The van der Waals surface area contributed by atoms with E-state index in [2.05, 4.69) is 16.0 Å². The van der Waals surface area contributed by atoms with Gasteiger partial charge >= 0.3 is 0 Å². The number of non-ortho nitro benzene ring substituents is 1. The molecule has 2 aromatic carbocycles. The van der Waals surface area contributed by atoms with Crippen LogP contribution in [0.25, 0.3) is 0 Å². The topological polar surface area (TPSA) is 106 Å². The van der Waals surface area contributed by atoms with Crippen LogP contribution in [-0.4, -0.2) is 36.1 Å². The number of benzene rings is 2. The van der Waals surface area contributed by atoms with Crippen LogP contribution in [0.1, 0.15) is 26.3 Å². The number of hydrogen-bond donors (Lipinski definition) is 3. The molecule has 156 valence electrons. The molecule has 8 nitrogen and oxygen atoms in total. The van der Waals surface area contributed by atoms with E-state index >= 15 is 0 Å². The standard InChI is InChI=1S/C21H28N4O4/c1-21(2,3)24-20(26)15-29-19-10-4-16(5-11-19)14-22-12-13-23-17-6-8-18(9-7-17)25(27)28/h4-11,22-23H,12-15H2,1-3H3,(H,24,26). The molecule has 29 heavy (non-hydrogen) atoms. The van der Waals surface area contributed by atoms with Crippen LogP contribution < -0.4 is 20.7 Å². The smallest absolute Gasteiger partial charge is 0.269 e. The quantitative estimate of drug-likeness (QED) is 0.322. The van der Waals surface area contributed by atoms with Gasteiger partial charge in [-0.2, -0.15) is 0 Å². The van der Waals surface area contributed by atoms with Crippen LogP contribution in [0.15, 0.2) is 48.5 Å². The molecule has 0 radical (unpaired) electrons. The number of carbonyl (C=O) groups excluding carboxylic acids is 1. The Morgan fingerprint density at radius 1 is 1.03 bits per heavy atom. The van der Waals surface area contributed by atoms with Crippen molar-refractivity contribution in [3.8, 4) is 5.75 Å². The Kier molecular flexibility index (Phi) is 7.97. The number of hydrogen-bond acceptors (Lipinski definition) is 6. The minimum Gasteiger partial charge on any atom is -0.484 e. The zero-order valence-electron chi connectivity index (χ0n) is 17.0. The molecule has 0 aliphatic heterocycles. The molecule has 0 heterocycles. The van der Waals surface area contributed by atoms with E-state index in [0.29, 0.717) is 18.8 Å². The highest BCUT2D eigenvalue weighted by molar-refractivity contribution is 5.78. The minimum atomic E-state index is -0.414. The van der Waals surface area contributed by atoms with Crippen molar-refractivity contribution in [1.82, 2.24) is 10.6 Å². The van der Waals surface area contributed by atoms with Crippen molar-refractivity contribution in [2.24, 2.45) is 0 Å². The SMILES string of the molecule is CC(C)(C)NC(=O)COc1ccc(CNCCNc2ccc([N+](=O)[O-])cc2)cc1. The first-order valence-electron chi connectivity index (χ1n) is 9.45. The molecule has 0 aromatic heterocycles. The Hall–Kier alpha value is -3.13. The molecule has 2 rings (SSSR count). The van der Waals surface area contributed by atoms with Gasteiger partial charge in [0.15, 0.2) is 6.61 Å². The number of anilines is 1. The maximum atomic E-state index is 11.8. The first kappa shape index (κ1) is 22.2. The van der Waals surface area contributed by atoms with E-state index in [1.165, 1.54) is 12.1 Å². The monoisotopic (exact) mass is 400 g/mol. The van der Waals surface area contributed by atoms with Gasteiger partial charge in [-0.1, -0.05) is 12.1 Å². The van der Waals surface area contributed by atoms with E-state index in [1.807, 2.05) is 45.0 Å². The van der Waals surface area contributed by atoms with Crippen molar-refractivity contribution in [2.45, 2.75) is 32.9 Å². The van der Waals surface area contributed by atoms with E-state index in [9.17, 15) is 14.9 Å². The van der Waals surface area contributed by atoms with Crippen molar-refractivity contribution < 1.29 is 14.5 Å². The largest absolute Gasteiger partial charge is 0.484 e. The Morgan fingerprint density at radius 2 is 1.69 bits per heavy atom. The van der Waals surface area contributed by atoms with Gasteiger partial charge in [0.1, 0.15) is 5.75 Å². The van der Waals surface area contributed by atoms with Crippen LogP contribution in [0.3, 0.4) is 0 Å². The molecule has 0 saturated heterocycles. The van der Waals surface area contributed by atoms with E-state index in [1.54, 1.807) is 12.1 Å². The van der Waals surface area contributed by atoms with Crippen LogP contribution >= 0.6 is 0 Å². The summed E-state index contributed by atoms with van der Waals surface area (Å²) in [6.45, 7) is 7.90. The summed E-state index contributed by atoms with van der Waals surface area (Å²) in [7, 11) is 0. The Balaban J connectivity index is 1.64. The van der Waals surface area contributed by atoms with Gasteiger partial charge in [0, 0.05) is 43.0 Å². The fraction of sp³-hybridized carbons (Fsp3) is 0.381. The molecule has 2 aromatic rings. The minimum absolute atomic E-state index is 0.0107. The zero-order chi connectivity index (χ0) is 21.3. The molecular weight excluding hydrogens is 372 g/mol. The summed E-state index contributed by atoms with van der Waals surface area (Å²) in [6.07, 6.45) is 0. The lowest BCUT2D eigenvalue weighted by Crippen LogP contribution is -2.43. The molecule has 8 heteroatoms. The van der Waals surface area contributed by atoms with Gasteiger partial charge in [0.25, 0.3) is 11.6 Å². The van der Waals surface area contributed by atoms with Crippen LogP contribution in [0, 0.1) is 10.1 Å². The summed E-state index contributed by atoms with van der Waals surface area (Å²) in [4.78, 5) is 22.0. The second kappa shape index (κ2) is 10.4. The normalized spacial score (nSPS) is 11.0. The third-order valence-corrected chi connectivity index (χ3v) is 3.85. The highest BCUT2D eigenvalue weighted by Gasteiger charge is 2.13. The molecule has 0 atom stereocenters. The maximum absolute atomic E-state index is 11.8. The molecule has 0 spiro atoms. The summed E-state index contributed by atoms with van der Waals surface area (Å²) in [5, 5.41) is 20.0. The highest BCUT2D eigenvalue weighted by atomic mass is 16.6. The Bertz CT molecular complexity index is 799. The van der Waals surface area contributed by atoms with Crippen molar-refractivity contribution in [1.29, 1.82) is 0 Å². The van der Waals surface area contributed by atoms with Crippen LogP contribution in [0.2, 0.25) is 0 Å². The Labute approximate surface area is 170 Å². The average Bonchev–Trinajstić information content (AvgIpc) is 2.66. The van der Waals surface area contributed by atoms with Crippen LogP contribution in [0.4, 0.5) is 11.4 Å². The maximum Gasteiger partial charge on any atom is 0.269 e. The lowest BCUT2D eigenvalue weighted by Gasteiger charge is -2.20. The molecule has 0 unspecified atom stereocenters. The van der Waals surface area contributed by atoms with Gasteiger partial charge in [-0.25, -0.2) is 0 Å². The average molecular weight is 400 g/mol. The Morgan fingerprint density at radius 3 is 2.28 bits per heavy atom. The summed E-state index contributed by atoms with van der Waals surface area (Å²) >= 11 is 0. The predicted molar refractivity (Wildman–Crippen MR) is 113 cm³/mol. The number of nitrogens with one attached hydrogen (secondary N) is 3. The van der Waals surface area contributed by atoms with Crippen molar-refractivity contribution in [3.05, 3.63) is 64.2 Å². The number of ether oxygens (including phenoxy) is 1. The van der Waals surface area contributed by atoms with Gasteiger partial charge in [-0.15, -0.1) is 0 Å².